The number of nitrogens with one attached hydrogen (secondary N) is 1. The maximum atomic E-state index is 12.1. The van der Waals surface area contributed by atoms with Crippen molar-refractivity contribution in [2.45, 2.75) is 51.0 Å². The highest BCUT2D eigenvalue weighted by molar-refractivity contribution is 5.91. The molecule has 0 radical (unpaired) electrons. The molecule has 1 fully saturated rings. The second-order valence-electron chi connectivity index (χ2n) is 7.68. The van der Waals surface area contributed by atoms with Crippen LogP contribution in [0.5, 0.6) is 11.5 Å². The topological polar surface area (TPSA) is 163 Å². The third kappa shape index (κ3) is 3.99. The van der Waals surface area contributed by atoms with Crippen LogP contribution in [0.1, 0.15) is 19.4 Å². The normalized spacial score (nSPS) is 25.2. The minimum absolute atomic E-state index is 0.0644. The van der Waals surface area contributed by atoms with Crippen LogP contribution in [-0.4, -0.2) is 60.7 Å². The zero-order valence-corrected chi connectivity index (χ0v) is 17.8. The van der Waals surface area contributed by atoms with E-state index in [4.69, 9.17) is 29.1 Å². The molecule has 0 spiro atoms. The van der Waals surface area contributed by atoms with Gasteiger partial charge < -0.3 is 44.6 Å². The van der Waals surface area contributed by atoms with Gasteiger partial charge in [0.2, 0.25) is 6.29 Å². The fourth-order valence-corrected chi connectivity index (χ4v) is 3.78. The zero-order valence-electron chi connectivity index (χ0n) is 17.8. The number of carbonyl (C=O) groups excluding carboxylic acids is 1. The number of methoxy groups -OCH3 is 1. The van der Waals surface area contributed by atoms with Crippen LogP contribution in [0.4, 0.5) is 10.5 Å². The summed E-state index contributed by atoms with van der Waals surface area (Å²) >= 11 is 0. The Morgan fingerprint density at radius 2 is 2.00 bits per heavy atom. The number of hydrogen-bond donors (Lipinski definition) is 4. The number of hydrogen-bond acceptors (Lipinski definition) is 10. The molecule has 1 amide bonds. The summed E-state index contributed by atoms with van der Waals surface area (Å²) in [5, 5.41) is 24.0. The molecule has 5 N–H and O–H groups in total. The first kappa shape index (κ1) is 22.7. The van der Waals surface area contributed by atoms with Gasteiger partial charge in [0.1, 0.15) is 17.4 Å². The van der Waals surface area contributed by atoms with Crippen molar-refractivity contribution in [2.24, 2.45) is 5.73 Å². The lowest BCUT2D eigenvalue weighted by Crippen LogP contribution is -2.65. The number of aliphatic hydroxyl groups is 1. The first-order valence-electron chi connectivity index (χ1n) is 9.50. The molecule has 0 aliphatic carbocycles. The Balaban J connectivity index is 2.00. The maximum absolute atomic E-state index is 12.1. The molecule has 1 aliphatic rings. The molecule has 31 heavy (non-hydrogen) atoms. The second-order valence-corrected chi connectivity index (χ2v) is 7.68. The van der Waals surface area contributed by atoms with Gasteiger partial charge in [0.15, 0.2) is 23.6 Å². The molecule has 2 heterocycles. The Bertz CT molecular complexity index is 1050. The van der Waals surface area contributed by atoms with Crippen LogP contribution >= 0.6 is 0 Å². The maximum Gasteiger partial charge on any atom is 0.404 e. The smallest absolute Gasteiger partial charge is 0.404 e. The van der Waals surface area contributed by atoms with Gasteiger partial charge in [-0.1, -0.05) is 0 Å². The number of carbonyl (C=O) groups is 1. The highest BCUT2D eigenvalue weighted by Gasteiger charge is 2.53. The number of ether oxygens (including phenoxy) is 4. The van der Waals surface area contributed by atoms with Gasteiger partial charge in [0.25, 0.3) is 0 Å². The van der Waals surface area contributed by atoms with Crippen molar-refractivity contribution in [1.29, 1.82) is 0 Å². The molecule has 1 saturated heterocycles. The van der Waals surface area contributed by atoms with Crippen molar-refractivity contribution < 1.29 is 38.4 Å². The minimum atomic E-state index is -1.44. The second kappa shape index (κ2) is 8.25. The number of anilines is 1. The summed E-state index contributed by atoms with van der Waals surface area (Å²) in [4.78, 5) is 23.5. The highest BCUT2D eigenvalue weighted by atomic mass is 16.7. The van der Waals surface area contributed by atoms with Crippen molar-refractivity contribution in [1.82, 2.24) is 0 Å². The van der Waals surface area contributed by atoms with Crippen molar-refractivity contribution >= 4 is 22.7 Å². The Kier molecular flexibility index (Phi) is 6.03. The standard InChI is InChI=1S/C20H26N2O9/c1-8-10(7-6-9-12(23)11(22-4)17(25)29-14(8)9)28-18-13(24)15(30-19(21)26)16(27-5)20(2,3)31-18/h6-7,13,15-16,18,22-24H,1-5H3,(H2,21,26). The molecule has 1 aromatic heterocycles. The molecule has 4 unspecified atom stereocenters. The molecule has 0 saturated carbocycles. The third-order valence-electron chi connectivity index (χ3n) is 5.27. The predicted octanol–water partition coefficient (Wildman–Crippen LogP) is 1.20. The molecule has 1 aromatic carbocycles. The molecule has 4 atom stereocenters. The Hall–Kier alpha value is -3.02. The monoisotopic (exact) mass is 438 g/mol. The van der Waals surface area contributed by atoms with Gasteiger partial charge in [-0.15, -0.1) is 0 Å². The number of aryl methyl sites for hydroxylation is 1. The number of benzene rings is 1. The number of nitrogens with two attached hydrogens (primary N) is 1. The van der Waals surface area contributed by atoms with Crippen LogP contribution in [-0.2, 0) is 14.2 Å². The van der Waals surface area contributed by atoms with E-state index in [1.807, 2.05) is 0 Å². The van der Waals surface area contributed by atoms with Crippen molar-refractivity contribution in [3.8, 4) is 11.5 Å². The van der Waals surface area contributed by atoms with Crippen molar-refractivity contribution in [3.63, 3.8) is 0 Å². The van der Waals surface area contributed by atoms with Gasteiger partial charge >= 0.3 is 11.7 Å². The van der Waals surface area contributed by atoms with Gasteiger partial charge in [0, 0.05) is 19.7 Å². The molecular weight excluding hydrogens is 412 g/mol. The van der Waals surface area contributed by atoms with E-state index in [1.165, 1.54) is 26.3 Å². The summed E-state index contributed by atoms with van der Waals surface area (Å²) in [6.07, 6.45) is -5.76. The number of aromatic hydroxyl groups is 1. The van der Waals surface area contributed by atoms with E-state index in [1.54, 1.807) is 20.8 Å². The Morgan fingerprint density at radius 1 is 1.32 bits per heavy atom. The summed E-state index contributed by atoms with van der Waals surface area (Å²) in [6.45, 7) is 4.99. The molecule has 2 aromatic rings. The van der Waals surface area contributed by atoms with Gasteiger partial charge in [-0.05, 0) is 32.9 Å². The number of aliphatic hydroxyl groups excluding tert-OH is 1. The summed E-state index contributed by atoms with van der Waals surface area (Å²) in [7, 11) is 2.88. The lowest BCUT2D eigenvalue weighted by atomic mass is 9.89. The van der Waals surface area contributed by atoms with Crippen LogP contribution in [0.25, 0.3) is 11.0 Å². The van der Waals surface area contributed by atoms with Crippen LogP contribution in [0.3, 0.4) is 0 Å². The largest absolute Gasteiger partial charge is 0.505 e. The van der Waals surface area contributed by atoms with Gasteiger partial charge in [-0.2, -0.15) is 0 Å². The molecular formula is C20H26N2O9. The van der Waals surface area contributed by atoms with Crippen LogP contribution in [0, 0.1) is 6.92 Å². The quantitative estimate of drug-likeness (QED) is 0.499. The fraction of sp³-hybridized carbons (Fsp3) is 0.500. The van der Waals surface area contributed by atoms with Crippen molar-refractivity contribution in [3.05, 3.63) is 28.1 Å². The first-order valence-corrected chi connectivity index (χ1v) is 9.50. The SMILES string of the molecule is CNc1c(O)c2ccc(OC3OC(C)(C)C(OC)C(OC(N)=O)C3O)c(C)c2oc1=O. The van der Waals surface area contributed by atoms with Gasteiger partial charge in [0.05, 0.1) is 11.0 Å². The van der Waals surface area contributed by atoms with Crippen molar-refractivity contribution in [2.75, 3.05) is 19.5 Å². The molecule has 11 heteroatoms. The fourth-order valence-electron chi connectivity index (χ4n) is 3.78. The summed E-state index contributed by atoms with van der Waals surface area (Å²) in [5.41, 5.74) is 3.82. The summed E-state index contributed by atoms with van der Waals surface area (Å²) in [5.74, 6) is -0.0304. The van der Waals surface area contributed by atoms with E-state index >= 15 is 0 Å². The Morgan fingerprint density at radius 3 is 2.58 bits per heavy atom. The van der Waals surface area contributed by atoms with E-state index in [0.717, 1.165) is 0 Å². The predicted molar refractivity (Wildman–Crippen MR) is 109 cm³/mol. The van der Waals surface area contributed by atoms with E-state index in [2.05, 4.69) is 5.32 Å². The molecule has 1 aliphatic heterocycles. The number of primary amides is 1. The molecule has 0 bridgehead atoms. The van der Waals surface area contributed by atoms with Crippen LogP contribution in [0.2, 0.25) is 0 Å². The van der Waals surface area contributed by atoms with E-state index in [9.17, 15) is 19.8 Å². The molecule has 11 nitrogen and oxygen atoms in total. The third-order valence-corrected chi connectivity index (χ3v) is 5.27. The average molecular weight is 438 g/mol. The summed E-state index contributed by atoms with van der Waals surface area (Å²) < 4.78 is 27.5. The molecule has 3 rings (SSSR count). The molecule has 170 valence electrons. The van der Waals surface area contributed by atoms with Gasteiger partial charge in [-0.3, -0.25) is 0 Å². The Labute approximate surface area is 177 Å². The number of rotatable bonds is 5. The van der Waals surface area contributed by atoms with E-state index < -0.39 is 41.9 Å². The lowest BCUT2D eigenvalue weighted by molar-refractivity contribution is -0.304. The van der Waals surface area contributed by atoms with E-state index in [-0.39, 0.29) is 22.8 Å². The van der Waals surface area contributed by atoms with Gasteiger partial charge in [-0.25, -0.2) is 9.59 Å². The lowest BCUT2D eigenvalue weighted by Gasteiger charge is -2.47. The van der Waals surface area contributed by atoms with Crippen LogP contribution in [0.15, 0.2) is 21.3 Å². The minimum Gasteiger partial charge on any atom is -0.505 e. The number of fused-ring (bicyclic) bond motifs is 1. The van der Waals surface area contributed by atoms with E-state index in [0.29, 0.717) is 10.9 Å². The average Bonchev–Trinajstić information content (AvgIpc) is 2.68. The van der Waals surface area contributed by atoms with Crippen LogP contribution < -0.4 is 21.4 Å². The highest BCUT2D eigenvalue weighted by Crippen LogP contribution is 2.38. The first-order chi connectivity index (χ1) is 14.5. The summed E-state index contributed by atoms with van der Waals surface area (Å²) in [6, 6.07) is 3.04. The zero-order chi connectivity index (χ0) is 23.1. The number of amides is 1.